The fourth-order valence-electron chi connectivity index (χ4n) is 0.671. The van der Waals surface area contributed by atoms with Crippen LogP contribution in [0.4, 0.5) is 0 Å². The fourth-order valence-corrected chi connectivity index (χ4v) is 0.671. The molecule has 0 atom stereocenters. The van der Waals surface area contributed by atoms with Crippen LogP contribution in [0.2, 0.25) is 0 Å². The normalized spacial score (nSPS) is 8.67. The van der Waals surface area contributed by atoms with Crippen LogP contribution in [-0.4, -0.2) is 50.3 Å². The number of phosphoric acid groups is 1. The predicted octanol–water partition coefficient (Wildman–Crippen LogP) is 0.834. The third-order valence-electron chi connectivity index (χ3n) is 1.34. The number of carboxylic acids is 1. The molecule has 10 heteroatoms. The molecule has 0 aliphatic rings. The van der Waals surface area contributed by atoms with E-state index in [0.29, 0.717) is 0 Å². The van der Waals surface area contributed by atoms with Gasteiger partial charge in [-0.15, -0.1) is 0 Å². The summed E-state index contributed by atoms with van der Waals surface area (Å²) in [5, 5.41) is 7.42. The van der Waals surface area contributed by atoms with Crippen molar-refractivity contribution in [2.24, 2.45) is 0 Å². The van der Waals surface area contributed by atoms with Gasteiger partial charge in [0.2, 0.25) is 0 Å². The zero-order chi connectivity index (χ0) is 13.8. The fraction of sp³-hybridized carbons (Fsp3) is 0.875. The van der Waals surface area contributed by atoms with E-state index in [1.165, 1.54) is 19.6 Å². The summed E-state index contributed by atoms with van der Waals surface area (Å²) in [6.07, 6.45) is 0. The molecule has 0 saturated carbocycles. The molecule has 0 spiro atoms. The highest BCUT2D eigenvalue weighted by atomic mass is 31.2. The summed E-state index contributed by atoms with van der Waals surface area (Å²) in [4.78, 5) is 32.9. The average molecular weight is 293 g/mol. The van der Waals surface area contributed by atoms with Crippen molar-refractivity contribution < 1.29 is 29.1 Å². The first-order chi connectivity index (χ1) is 7.08. The van der Waals surface area contributed by atoms with Crippen molar-refractivity contribution in [3.63, 3.8) is 0 Å². The second-order valence-corrected chi connectivity index (χ2v) is 3.68. The van der Waals surface area contributed by atoms with Crippen molar-refractivity contribution in [1.29, 1.82) is 0 Å². The van der Waals surface area contributed by atoms with Gasteiger partial charge in [-0.2, -0.15) is 0 Å². The maximum Gasteiger partial charge on any atom is 0.466 e. The lowest BCUT2D eigenvalue weighted by Gasteiger charge is -2.13. The minimum Gasteiger partial charge on any atom is -0.481 e. The Morgan fingerprint density at radius 2 is 1.11 bits per heavy atom. The smallest absolute Gasteiger partial charge is 0.466 e. The Morgan fingerprint density at radius 3 is 1.11 bits per heavy atom. The van der Waals surface area contributed by atoms with Crippen LogP contribution in [0, 0.1) is 0 Å². The Morgan fingerprint density at radius 1 is 1.00 bits per heavy atom. The Hall–Kier alpha value is -0.540. The lowest BCUT2D eigenvalue weighted by Crippen LogP contribution is -2.21. The lowest BCUT2D eigenvalue weighted by molar-refractivity contribution is -0.134. The number of rotatable bonds is 3. The van der Waals surface area contributed by atoms with E-state index >= 15 is 0 Å². The Kier molecular flexibility index (Phi) is 31.8. The second-order valence-electron chi connectivity index (χ2n) is 2.65. The molecular weight excluding hydrogens is 265 g/mol. The molecule has 0 heterocycles. The summed E-state index contributed by atoms with van der Waals surface area (Å²) < 4.78 is 8.88. The summed E-state index contributed by atoms with van der Waals surface area (Å²) in [5.74, 6) is -0.833. The van der Waals surface area contributed by atoms with E-state index < -0.39 is 13.8 Å². The van der Waals surface area contributed by atoms with Crippen LogP contribution >= 0.6 is 7.82 Å². The molecule has 0 bridgehead atoms. The SMILES string of the molecule is CC(=O)O.CCN(CC)CC.N.N.O=P(O)(O)O. The van der Waals surface area contributed by atoms with Gasteiger partial charge >= 0.3 is 7.82 Å². The van der Waals surface area contributed by atoms with Crippen LogP contribution in [-0.2, 0) is 9.36 Å². The monoisotopic (exact) mass is 293 g/mol. The van der Waals surface area contributed by atoms with Gasteiger partial charge in [0.15, 0.2) is 0 Å². The first kappa shape index (κ1) is 30.5. The topological polar surface area (TPSA) is 188 Å². The lowest BCUT2D eigenvalue weighted by atomic mass is 10.5. The molecule has 0 rings (SSSR count). The van der Waals surface area contributed by atoms with Gasteiger partial charge in [0.05, 0.1) is 0 Å². The van der Waals surface area contributed by atoms with Crippen molar-refractivity contribution in [1.82, 2.24) is 17.2 Å². The van der Waals surface area contributed by atoms with Crippen LogP contribution in [0.5, 0.6) is 0 Å². The molecule has 18 heavy (non-hydrogen) atoms. The number of aliphatic carboxylic acids is 1. The van der Waals surface area contributed by atoms with E-state index in [1.54, 1.807) is 0 Å². The largest absolute Gasteiger partial charge is 0.481 e. The summed E-state index contributed by atoms with van der Waals surface area (Å²) >= 11 is 0. The maximum atomic E-state index is 9.00. The molecule has 0 aliphatic carbocycles. The van der Waals surface area contributed by atoms with E-state index in [4.69, 9.17) is 29.1 Å². The summed E-state index contributed by atoms with van der Waals surface area (Å²) in [6, 6.07) is 0. The molecule has 0 aromatic heterocycles. The van der Waals surface area contributed by atoms with Crippen LogP contribution in [0.3, 0.4) is 0 Å². The van der Waals surface area contributed by atoms with Gasteiger partial charge in [-0.25, -0.2) is 4.57 Å². The van der Waals surface area contributed by atoms with Gasteiger partial charge in [-0.1, -0.05) is 20.8 Å². The van der Waals surface area contributed by atoms with Crippen molar-refractivity contribution >= 4 is 13.8 Å². The molecule has 0 radical (unpaired) electrons. The third-order valence-corrected chi connectivity index (χ3v) is 1.34. The first-order valence-corrected chi connectivity index (χ1v) is 6.35. The van der Waals surface area contributed by atoms with Crippen molar-refractivity contribution in [3.05, 3.63) is 0 Å². The van der Waals surface area contributed by atoms with E-state index in [1.807, 2.05) is 0 Å². The molecule has 116 valence electrons. The average Bonchev–Trinajstić information content (AvgIpc) is 2.03. The highest BCUT2D eigenvalue weighted by molar-refractivity contribution is 7.45. The first-order valence-electron chi connectivity index (χ1n) is 4.78. The third kappa shape index (κ3) is 108. The number of nitrogens with zero attached hydrogens (tertiary/aromatic N) is 1. The zero-order valence-corrected chi connectivity index (χ0v) is 12.4. The second kappa shape index (κ2) is 18.8. The van der Waals surface area contributed by atoms with Crippen molar-refractivity contribution in [3.8, 4) is 0 Å². The molecule has 0 saturated heterocycles. The Balaban J connectivity index is -0.0000000463. The quantitative estimate of drug-likeness (QED) is 0.409. The molecule has 10 N–H and O–H groups in total. The maximum absolute atomic E-state index is 9.00. The number of hydrogen-bond donors (Lipinski definition) is 6. The van der Waals surface area contributed by atoms with Crippen LogP contribution in [0.1, 0.15) is 27.7 Å². The molecule has 0 aromatic carbocycles. The summed E-state index contributed by atoms with van der Waals surface area (Å²) in [5.41, 5.74) is 0. The Bertz CT molecular complexity index is 189. The van der Waals surface area contributed by atoms with Crippen LogP contribution in [0.25, 0.3) is 0 Å². The van der Waals surface area contributed by atoms with Gasteiger partial charge in [0, 0.05) is 6.92 Å². The molecule has 0 aromatic rings. The molecule has 0 unspecified atom stereocenters. The number of carboxylic acid groups (broad SMARTS) is 1. The molecular formula is C8H28N3O6P. The Labute approximate surface area is 108 Å². The van der Waals surface area contributed by atoms with Crippen LogP contribution < -0.4 is 12.3 Å². The molecule has 0 aliphatic heterocycles. The van der Waals surface area contributed by atoms with Gasteiger partial charge in [0.1, 0.15) is 0 Å². The summed E-state index contributed by atoms with van der Waals surface area (Å²) in [6.45, 7) is 11.2. The minimum atomic E-state index is -4.64. The highest BCUT2D eigenvalue weighted by Crippen LogP contribution is 2.25. The van der Waals surface area contributed by atoms with Crippen molar-refractivity contribution in [2.75, 3.05) is 19.6 Å². The van der Waals surface area contributed by atoms with Crippen LogP contribution in [0.15, 0.2) is 0 Å². The molecule has 9 nitrogen and oxygen atoms in total. The number of carbonyl (C=O) groups is 1. The van der Waals surface area contributed by atoms with E-state index in [-0.39, 0.29) is 12.3 Å². The van der Waals surface area contributed by atoms with Gasteiger partial charge in [-0.05, 0) is 19.6 Å². The minimum absolute atomic E-state index is 0. The molecule has 0 fully saturated rings. The van der Waals surface area contributed by atoms with Gasteiger partial charge in [-0.3, -0.25) is 4.79 Å². The standard InChI is InChI=1S/C6H15N.C2H4O2.2H3N.H3O4P/c1-4-7(5-2)6-3;1-2(3)4;;;1-5(2,3)4/h4-6H2,1-3H3;1H3,(H,3,4);2*1H3;(H3,1,2,3,4). The van der Waals surface area contributed by atoms with Gasteiger partial charge in [0.25, 0.3) is 5.97 Å². The van der Waals surface area contributed by atoms with E-state index in [2.05, 4.69) is 25.7 Å². The molecule has 0 amide bonds. The van der Waals surface area contributed by atoms with E-state index in [9.17, 15) is 0 Å². The highest BCUT2D eigenvalue weighted by Gasteiger charge is 2.00. The number of hydrogen-bond acceptors (Lipinski definition) is 5. The van der Waals surface area contributed by atoms with Crippen molar-refractivity contribution in [2.45, 2.75) is 27.7 Å². The predicted molar refractivity (Wildman–Crippen MR) is 71.1 cm³/mol. The zero-order valence-electron chi connectivity index (χ0n) is 11.5. The van der Waals surface area contributed by atoms with E-state index in [0.717, 1.165) is 6.92 Å². The van der Waals surface area contributed by atoms with Gasteiger partial charge < -0.3 is 37.0 Å². The summed E-state index contributed by atoms with van der Waals surface area (Å²) in [7, 11) is -4.64.